The summed E-state index contributed by atoms with van der Waals surface area (Å²) in [6.07, 6.45) is 6.18. The van der Waals surface area contributed by atoms with E-state index in [1.165, 1.54) is 4.68 Å². The van der Waals surface area contributed by atoms with E-state index in [1.54, 1.807) is 23.2 Å². The normalized spacial score (nSPS) is 32.8. The first kappa shape index (κ1) is 33.0. The maximum Gasteiger partial charge on any atom is 0.328 e. The van der Waals surface area contributed by atoms with E-state index < -0.39 is 35.1 Å². The van der Waals surface area contributed by atoms with Crippen molar-refractivity contribution in [3.63, 3.8) is 0 Å². The molecule has 0 radical (unpaired) electrons. The molecule has 13 heteroatoms. The fraction of sp³-hybridized carbons (Fsp3) is 0.528. The Kier molecular flexibility index (Phi) is 7.96. The molecule has 3 N–H and O–H groups in total. The largest absolute Gasteiger partial charge is 0.460 e. The van der Waals surface area contributed by atoms with Crippen LogP contribution in [-0.2, 0) is 27.4 Å². The van der Waals surface area contributed by atoms with Crippen LogP contribution in [-0.4, -0.2) is 63.6 Å². The van der Waals surface area contributed by atoms with Gasteiger partial charge in [-0.05, 0) is 48.5 Å². The number of carbonyl (C=O) groups is 2. The summed E-state index contributed by atoms with van der Waals surface area (Å²) in [7, 11) is 0. The van der Waals surface area contributed by atoms with Crippen molar-refractivity contribution in [1.82, 2.24) is 34.5 Å². The van der Waals surface area contributed by atoms with Crippen molar-refractivity contribution in [3.8, 4) is 11.3 Å². The number of ether oxygens (including phenoxy) is 1. The average Bonchev–Trinajstić information content (AvgIpc) is 3.80. The van der Waals surface area contributed by atoms with E-state index in [9.17, 15) is 19.1 Å². The van der Waals surface area contributed by atoms with E-state index in [0.29, 0.717) is 36.2 Å². The number of nitrogens with zero attached hydrogens (tertiary/aromatic N) is 7. The number of halogens is 1. The lowest BCUT2D eigenvalue weighted by Crippen LogP contribution is -2.63. The maximum absolute atomic E-state index is 13.8. The van der Waals surface area contributed by atoms with Gasteiger partial charge in [-0.25, -0.2) is 9.67 Å². The summed E-state index contributed by atoms with van der Waals surface area (Å²) in [5, 5.41) is 20.2. The summed E-state index contributed by atoms with van der Waals surface area (Å²) in [5.41, 5.74) is 7.08. The lowest BCUT2D eigenvalue weighted by Gasteiger charge is -2.61. The monoisotopic (exact) mass is 670 g/mol. The second-order valence-electron chi connectivity index (χ2n) is 15.0. The van der Waals surface area contributed by atoms with Crippen molar-refractivity contribution in [1.29, 1.82) is 0 Å². The molecule has 1 unspecified atom stereocenters. The van der Waals surface area contributed by atoms with Crippen molar-refractivity contribution < 1.29 is 23.8 Å². The van der Waals surface area contributed by atoms with Crippen LogP contribution in [0.3, 0.4) is 0 Å². The van der Waals surface area contributed by atoms with Crippen molar-refractivity contribution in [2.45, 2.75) is 85.1 Å². The predicted octanol–water partition coefficient (Wildman–Crippen LogP) is 4.76. The number of fused-ring (bicyclic) bond motifs is 1. The Labute approximate surface area is 284 Å². The smallest absolute Gasteiger partial charge is 0.328 e. The minimum atomic E-state index is -0.911. The van der Waals surface area contributed by atoms with E-state index in [2.05, 4.69) is 52.6 Å². The molecular weight excluding hydrogens is 627 g/mol. The first-order chi connectivity index (χ1) is 23.3. The van der Waals surface area contributed by atoms with Gasteiger partial charge in [-0.2, -0.15) is 14.4 Å². The third kappa shape index (κ3) is 5.24. The van der Waals surface area contributed by atoms with Crippen molar-refractivity contribution in [2.24, 2.45) is 34.0 Å². The molecular formula is C36H43FN8O4. The molecule has 3 fully saturated rings. The molecule has 3 aromatic heterocycles. The number of hydrogen-bond acceptors (Lipinski definition) is 10. The highest BCUT2D eigenvalue weighted by atomic mass is 19.1. The molecule has 4 aromatic rings. The Hall–Kier alpha value is -4.52. The molecule has 8 atom stereocenters. The fourth-order valence-electron chi connectivity index (χ4n) is 9.37. The summed E-state index contributed by atoms with van der Waals surface area (Å²) in [4.78, 5) is 38.9. The van der Waals surface area contributed by atoms with Gasteiger partial charge in [0, 0.05) is 28.7 Å². The van der Waals surface area contributed by atoms with Crippen LogP contribution in [0.25, 0.3) is 22.4 Å². The van der Waals surface area contributed by atoms with Crippen molar-refractivity contribution in [2.75, 3.05) is 5.73 Å². The van der Waals surface area contributed by atoms with Gasteiger partial charge < -0.3 is 20.1 Å². The number of aromatic nitrogens is 7. The molecule has 3 aliphatic rings. The minimum absolute atomic E-state index is 0.0133. The molecule has 7 rings (SSSR count). The lowest BCUT2D eigenvalue weighted by molar-refractivity contribution is -0.207. The topological polar surface area (TPSA) is 164 Å². The second-order valence-corrected chi connectivity index (χ2v) is 15.0. The van der Waals surface area contributed by atoms with Crippen LogP contribution >= 0.6 is 0 Å². The number of anilines is 1. The number of nitrogen functional groups attached to an aromatic ring is 1. The maximum atomic E-state index is 13.8. The molecule has 1 aromatic carbocycles. The van der Waals surface area contributed by atoms with Gasteiger partial charge in [0.05, 0.1) is 25.2 Å². The Morgan fingerprint density at radius 3 is 2.69 bits per heavy atom. The van der Waals surface area contributed by atoms with Gasteiger partial charge in [-0.3, -0.25) is 9.59 Å². The standard InChI is InChI=1S/C36H43FN8O4/c1-6-34(4)15-26(35(5)20(2)11-13-36(21(3)30(34)48)14-12-25(46)29(35)36)49-27(47)18-45-17-24(42-43-45)23-9-7-22(8-10-23)16-44-19-39-28-31(38)40-33(37)41-32(28)44/h6-10,17,19-21,26,29-30,48H,1,11-16,18H2,2-5H3,(H2,38,40,41)/t20?,21-,26+,29-,30-,34+,35-,36-/m0/s1. The summed E-state index contributed by atoms with van der Waals surface area (Å²) in [6, 6.07) is 7.59. The molecule has 0 amide bonds. The summed E-state index contributed by atoms with van der Waals surface area (Å²) in [5.74, 6) is -0.517. The number of Topliss-reactive ketones (excluding diaryl/α,β-unsaturated/α-hetero) is 1. The Morgan fingerprint density at radius 1 is 1.20 bits per heavy atom. The van der Waals surface area contributed by atoms with Crippen LogP contribution in [0, 0.1) is 40.1 Å². The average molecular weight is 671 g/mol. The molecule has 258 valence electrons. The number of imidazole rings is 1. The molecule has 3 aliphatic carbocycles. The van der Waals surface area contributed by atoms with Gasteiger partial charge in [0.25, 0.3) is 0 Å². The van der Waals surface area contributed by atoms with E-state index in [-0.39, 0.29) is 41.3 Å². The van der Waals surface area contributed by atoms with E-state index >= 15 is 0 Å². The second kappa shape index (κ2) is 11.8. The van der Waals surface area contributed by atoms with Crippen LogP contribution in [0.4, 0.5) is 10.2 Å². The van der Waals surface area contributed by atoms with Gasteiger partial charge in [0.2, 0.25) is 0 Å². The molecule has 0 aliphatic heterocycles. The zero-order chi connectivity index (χ0) is 34.9. The highest BCUT2D eigenvalue weighted by Gasteiger charge is 2.68. The van der Waals surface area contributed by atoms with Crippen LogP contribution < -0.4 is 5.73 Å². The summed E-state index contributed by atoms with van der Waals surface area (Å²) >= 11 is 0. The third-order valence-electron chi connectivity index (χ3n) is 12.5. The Bertz CT molecular complexity index is 1940. The summed E-state index contributed by atoms with van der Waals surface area (Å²) in [6.45, 7) is 12.7. The van der Waals surface area contributed by atoms with Crippen LogP contribution in [0.1, 0.15) is 65.4 Å². The zero-order valence-corrected chi connectivity index (χ0v) is 28.3. The van der Waals surface area contributed by atoms with Gasteiger partial charge in [-0.1, -0.05) is 63.2 Å². The molecule has 2 bridgehead atoms. The minimum Gasteiger partial charge on any atom is -0.460 e. The Morgan fingerprint density at radius 2 is 1.96 bits per heavy atom. The van der Waals surface area contributed by atoms with Crippen LogP contribution in [0.15, 0.2) is 49.4 Å². The van der Waals surface area contributed by atoms with Gasteiger partial charge in [-0.15, -0.1) is 11.7 Å². The molecule has 0 spiro atoms. The third-order valence-corrected chi connectivity index (χ3v) is 12.5. The number of benzene rings is 1. The van der Waals surface area contributed by atoms with Crippen LogP contribution in [0.2, 0.25) is 0 Å². The van der Waals surface area contributed by atoms with Gasteiger partial charge in [0.1, 0.15) is 29.6 Å². The first-order valence-electron chi connectivity index (χ1n) is 17.0. The Balaban J connectivity index is 1.09. The number of nitrogens with two attached hydrogens (primary N) is 1. The SMILES string of the molecule is C=C[C@]1(C)C[C@@H](OC(=O)Cn2cc(-c3ccc(Cn4cnc5c(N)nc(F)nc54)cc3)nn2)[C@]2(C)C(C)CC[C@]3(CCC(=O)[C@H]32)[C@@H](C)[C@@H]1O. The molecule has 3 heterocycles. The van der Waals surface area contributed by atoms with Crippen molar-refractivity contribution >= 4 is 28.7 Å². The first-order valence-corrected chi connectivity index (χ1v) is 17.0. The zero-order valence-electron chi connectivity index (χ0n) is 28.3. The molecule has 49 heavy (non-hydrogen) atoms. The van der Waals surface area contributed by atoms with E-state index in [1.807, 2.05) is 31.2 Å². The fourth-order valence-corrected chi connectivity index (χ4v) is 9.37. The highest BCUT2D eigenvalue weighted by molar-refractivity contribution is 5.86. The number of aliphatic hydroxyl groups excluding tert-OH is 1. The van der Waals surface area contributed by atoms with Crippen LogP contribution in [0.5, 0.6) is 0 Å². The number of esters is 1. The molecule has 0 saturated heterocycles. The van der Waals surface area contributed by atoms with E-state index in [0.717, 1.165) is 30.4 Å². The lowest BCUT2D eigenvalue weighted by atomic mass is 9.44. The predicted molar refractivity (Wildman–Crippen MR) is 179 cm³/mol. The number of rotatable bonds is 7. The molecule has 3 saturated carbocycles. The number of aliphatic hydroxyl groups is 1. The van der Waals surface area contributed by atoms with E-state index in [4.69, 9.17) is 10.5 Å². The van der Waals surface area contributed by atoms with Crippen molar-refractivity contribution in [3.05, 3.63) is 61.1 Å². The van der Waals surface area contributed by atoms with Gasteiger partial charge in [0.15, 0.2) is 11.5 Å². The number of ketones is 1. The van der Waals surface area contributed by atoms with Gasteiger partial charge >= 0.3 is 12.0 Å². The highest BCUT2D eigenvalue weighted by Crippen LogP contribution is 2.68. The molecule has 12 nitrogen and oxygen atoms in total. The quantitative estimate of drug-likeness (QED) is 0.159. The number of hydrogen-bond donors (Lipinski definition) is 2. The number of carbonyl (C=O) groups excluding carboxylic acids is 2. The summed E-state index contributed by atoms with van der Waals surface area (Å²) < 4.78 is 23.3.